The third-order valence-corrected chi connectivity index (χ3v) is 8.93. The average Bonchev–Trinajstić information content (AvgIpc) is 3.43. The van der Waals surface area contributed by atoms with Crippen LogP contribution in [0.25, 0.3) is 16.6 Å². The Kier molecular flexibility index (Phi) is 5.13. The molecular formula is C29H30ClN7O. The molecule has 9 heteroatoms. The summed E-state index contributed by atoms with van der Waals surface area (Å²) >= 11 is 6.20. The van der Waals surface area contributed by atoms with Gasteiger partial charge in [0.1, 0.15) is 10.5 Å². The van der Waals surface area contributed by atoms with E-state index in [4.69, 9.17) is 22.3 Å². The van der Waals surface area contributed by atoms with E-state index in [1.165, 1.54) is 11.1 Å². The average molecular weight is 528 g/mol. The number of nitrogens with zero attached hydrogens (tertiary/aromatic N) is 4. The van der Waals surface area contributed by atoms with Crippen LogP contribution in [0, 0.1) is 10.8 Å². The molecule has 1 aliphatic heterocycles. The molecule has 3 aliphatic rings. The number of hydrogen-bond donors (Lipinski definition) is 3. The maximum absolute atomic E-state index is 13.5. The molecule has 2 aliphatic carbocycles. The number of rotatable bonds is 2. The Morgan fingerprint density at radius 2 is 1.87 bits per heavy atom. The molecule has 0 unspecified atom stereocenters. The van der Waals surface area contributed by atoms with Gasteiger partial charge in [-0.05, 0) is 59.8 Å². The van der Waals surface area contributed by atoms with Gasteiger partial charge in [-0.2, -0.15) is 10.1 Å². The van der Waals surface area contributed by atoms with Gasteiger partial charge in [0.25, 0.3) is 5.56 Å². The Morgan fingerprint density at radius 1 is 1.08 bits per heavy atom. The molecule has 1 fully saturated rings. The Hall–Kier alpha value is -3.49. The molecule has 8 nitrogen and oxygen atoms in total. The molecule has 1 atom stereocenters. The van der Waals surface area contributed by atoms with Crippen LogP contribution in [0.1, 0.15) is 60.8 Å². The Labute approximate surface area is 225 Å². The van der Waals surface area contributed by atoms with Gasteiger partial charge in [0.05, 0.1) is 11.4 Å². The van der Waals surface area contributed by atoms with Gasteiger partial charge in [0, 0.05) is 30.3 Å². The minimum atomic E-state index is -0.202. The maximum Gasteiger partial charge on any atom is 0.264 e. The fourth-order valence-corrected chi connectivity index (χ4v) is 6.91. The number of nitrogens with two attached hydrogens (primary N) is 1. The van der Waals surface area contributed by atoms with Gasteiger partial charge in [-0.3, -0.25) is 14.9 Å². The van der Waals surface area contributed by atoms with Crippen molar-refractivity contribution >= 4 is 34.2 Å². The van der Waals surface area contributed by atoms with E-state index in [1.807, 2.05) is 6.07 Å². The van der Waals surface area contributed by atoms with Crippen molar-refractivity contribution in [1.82, 2.24) is 25.1 Å². The van der Waals surface area contributed by atoms with Crippen molar-refractivity contribution in [3.8, 4) is 0 Å². The van der Waals surface area contributed by atoms with E-state index in [0.29, 0.717) is 27.8 Å². The normalized spacial score (nSPS) is 21.4. The zero-order chi connectivity index (χ0) is 26.2. The van der Waals surface area contributed by atoms with Crippen LogP contribution in [0.4, 0.5) is 5.95 Å². The van der Waals surface area contributed by atoms with Crippen LogP contribution in [0.5, 0.6) is 0 Å². The molecule has 0 bridgehead atoms. The zero-order valence-electron chi connectivity index (χ0n) is 21.5. The number of aromatic amines is 2. The van der Waals surface area contributed by atoms with Gasteiger partial charge >= 0.3 is 0 Å². The molecule has 194 valence electrons. The van der Waals surface area contributed by atoms with Crippen molar-refractivity contribution in [2.75, 3.05) is 18.0 Å². The fourth-order valence-electron chi connectivity index (χ4n) is 6.75. The first-order chi connectivity index (χ1) is 18.2. The first-order valence-electron chi connectivity index (χ1n) is 13.2. The predicted octanol–water partition coefficient (Wildman–Crippen LogP) is 4.55. The van der Waals surface area contributed by atoms with Crippen molar-refractivity contribution in [3.05, 3.63) is 86.1 Å². The maximum atomic E-state index is 13.5. The number of allylic oxidation sites excluding steroid dienone is 1. The van der Waals surface area contributed by atoms with Crippen molar-refractivity contribution in [1.29, 1.82) is 0 Å². The standard InChI is InChI=1S/C29H30ClN7O/c1-28(2)14-19(18-7-8-21(30)32-20(18)15-28)23-22-25(36-35-23)33-27(34-26(22)38)37-11-9-29(10-12-37)13-16-5-3-4-6-17(16)24(29)31/h3-8,14,24H,9-13,15,31H2,1-2H3,(H2,33,34,35,36,38)/t24-/m1/s1. The van der Waals surface area contributed by atoms with E-state index in [1.54, 1.807) is 6.07 Å². The van der Waals surface area contributed by atoms with Gasteiger partial charge in [-0.25, -0.2) is 4.98 Å². The second-order valence-corrected chi connectivity index (χ2v) is 12.1. The molecule has 1 saturated heterocycles. The molecule has 7 rings (SSSR count). The van der Waals surface area contributed by atoms with Gasteiger partial charge in [0.15, 0.2) is 5.65 Å². The molecule has 4 aromatic rings. The summed E-state index contributed by atoms with van der Waals surface area (Å²) in [7, 11) is 0. The smallest absolute Gasteiger partial charge is 0.264 e. The second kappa shape index (κ2) is 8.25. The summed E-state index contributed by atoms with van der Waals surface area (Å²) in [6.07, 6.45) is 5.85. The number of nitrogens with one attached hydrogen (secondary N) is 2. The summed E-state index contributed by atoms with van der Waals surface area (Å²) in [5, 5.41) is 8.50. The van der Waals surface area contributed by atoms with Crippen LogP contribution in [0.2, 0.25) is 5.15 Å². The summed E-state index contributed by atoms with van der Waals surface area (Å²) in [5.74, 6) is 0.561. The number of fused-ring (bicyclic) bond motifs is 3. The SMILES string of the molecule is CC1(C)C=C(c2[nH]nc3nc(N4CCC5(CC4)Cc4ccccc4[C@H]5N)[nH]c(=O)c23)c2ccc(Cl)nc2C1. The van der Waals surface area contributed by atoms with Gasteiger partial charge in [0.2, 0.25) is 5.95 Å². The van der Waals surface area contributed by atoms with Crippen LogP contribution in [-0.2, 0) is 12.8 Å². The lowest BCUT2D eigenvalue weighted by Crippen LogP contribution is -2.45. The van der Waals surface area contributed by atoms with Crippen LogP contribution >= 0.6 is 11.6 Å². The van der Waals surface area contributed by atoms with E-state index in [0.717, 1.165) is 55.6 Å². The summed E-state index contributed by atoms with van der Waals surface area (Å²) in [6.45, 7) is 5.87. The number of hydrogen-bond acceptors (Lipinski definition) is 6. The number of anilines is 1. The minimum absolute atomic E-state index is 0.0458. The zero-order valence-corrected chi connectivity index (χ0v) is 22.3. The molecule has 1 aromatic carbocycles. The first-order valence-corrected chi connectivity index (χ1v) is 13.6. The highest BCUT2D eigenvalue weighted by Gasteiger charge is 2.46. The topological polar surface area (TPSA) is 117 Å². The lowest BCUT2D eigenvalue weighted by atomic mass is 9.73. The number of piperidine rings is 1. The quantitative estimate of drug-likeness (QED) is 0.329. The molecule has 4 heterocycles. The molecule has 3 aromatic heterocycles. The van der Waals surface area contributed by atoms with Crippen molar-refractivity contribution in [3.63, 3.8) is 0 Å². The van der Waals surface area contributed by atoms with Crippen LogP contribution in [0.3, 0.4) is 0 Å². The molecule has 4 N–H and O–H groups in total. The van der Waals surface area contributed by atoms with Crippen LogP contribution in [0.15, 0.2) is 47.3 Å². The third-order valence-electron chi connectivity index (χ3n) is 8.72. The highest BCUT2D eigenvalue weighted by Crippen LogP contribution is 2.50. The number of H-pyrrole nitrogens is 2. The summed E-state index contributed by atoms with van der Waals surface area (Å²) in [6, 6.07) is 12.3. The largest absolute Gasteiger partial charge is 0.342 e. The van der Waals surface area contributed by atoms with E-state index >= 15 is 0 Å². The summed E-state index contributed by atoms with van der Waals surface area (Å²) < 4.78 is 0. The van der Waals surface area contributed by atoms with E-state index in [9.17, 15) is 4.79 Å². The van der Waals surface area contributed by atoms with Gasteiger partial charge < -0.3 is 10.6 Å². The van der Waals surface area contributed by atoms with Crippen molar-refractivity contribution in [2.45, 2.75) is 45.6 Å². The fraction of sp³-hybridized carbons (Fsp3) is 0.379. The number of aromatic nitrogens is 5. The number of benzene rings is 1. The number of halogens is 1. The molecule has 0 radical (unpaired) electrons. The van der Waals surface area contributed by atoms with Crippen LogP contribution < -0.4 is 16.2 Å². The third kappa shape index (κ3) is 3.61. The van der Waals surface area contributed by atoms with Crippen LogP contribution in [-0.4, -0.2) is 38.2 Å². The highest BCUT2D eigenvalue weighted by atomic mass is 35.5. The monoisotopic (exact) mass is 527 g/mol. The minimum Gasteiger partial charge on any atom is -0.342 e. The van der Waals surface area contributed by atoms with Crippen molar-refractivity contribution in [2.24, 2.45) is 16.6 Å². The van der Waals surface area contributed by atoms with Gasteiger partial charge in [-0.1, -0.05) is 55.8 Å². The Bertz CT molecular complexity index is 1680. The van der Waals surface area contributed by atoms with E-state index in [2.05, 4.69) is 69.3 Å². The lowest BCUT2D eigenvalue weighted by Gasteiger charge is -2.42. The number of pyridine rings is 1. The predicted molar refractivity (Wildman–Crippen MR) is 149 cm³/mol. The Morgan fingerprint density at radius 3 is 2.66 bits per heavy atom. The lowest BCUT2D eigenvalue weighted by molar-refractivity contribution is 0.187. The molecular weight excluding hydrogens is 498 g/mol. The second-order valence-electron chi connectivity index (χ2n) is 11.7. The molecule has 38 heavy (non-hydrogen) atoms. The molecule has 1 spiro atoms. The van der Waals surface area contributed by atoms with E-state index in [-0.39, 0.29) is 22.4 Å². The molecule has 0 saturated carbocycles. The van der Waals surface area contributed by atoms with E-state index < -0.39 is 0 Å². The highest BCUT2D eigenvalue weighted by molar-refractivity contribution is 6.29. The summed E-state index contributed by atoms with van der Waals surface area (Å²) in [5.41, 5.74) is 12.9. The first kappa shape index (κ1) is 23.6. The summed E-state index contributed by atoms with van der Waals surface area (Å²) in [4.78, 5) is 28.0. The Balaban J connectivity index is 1.20. The molecule has 0 amide bonds. The van der Waals surface area contributed by atoms with Gasteiger partial charge in [-0.15, -0.1) is 0 Å². The van der Waals surface area contributed by atoms with Crippen molar-refractivity contribution < 1.29 is 0 Å².